The normalized spacial score (nSPS) is 19.2. The summed E-state index contributed by atoms with van der Waals surface area (Å²) in [6.45, 7) is 4.87. The van der Waals surface area contributed by atoms with Gasteiger partial charge >= 0.3 is 6.03 Å². The van der Waals surface area contributed by atoms with Gasteiger partial charge < -0.3 is 20.4 Å². The van der Waals surface area contributed by atoms with E-state index in [1.165, 1.54) is 12.1 Å². The third-order valence-electron chi connectivity index (χ3n) is 9.78. The molecule has 50 heavy (non-hydrogen) atoms. The quantitative estimate of drug-likeness (QED) is 0.188. The number of amidine groups is 1. The summed E-state index contributed by atoms with van der Waals surface area (Å²) in [5.74, 6) is 1.35. The number of pyridine rings is 1. The van der Waals surface area contributed by atoms with Crippen LogP contribution in [0.25, 0.3) is 22.0 Å². The predicted octanol–water partition coefficient (Wildman–Crippen LogP) is 6.04. The molecule has 1 fully saturated rings. The van der Waals surface area contributed by atoms with E-state index in [-0.39, 0.29) is 11.9 Å². The molecular formula is C38H44FN9O2+2. The fraction of sp³-hybridized carbons (Fsp3) is 0.342. The standard InChI is InChI=1S/C38H43FN9O2/c1-4-5-9-29-23-27-8-6-7-10-31(27)37(43-29)50-22-21-47(2,3)34-24-48(38(40)49)33(44-34)16-15-32(45-48)36-35(26-11-13-28(39)14-12-26)42-25-46(36)30-17-19-41-20-18-30/h6-8,10-16,23-25,30,41H,4-5,9,17-22H2,1-3H3,(H-,40,49)/q+1/p+1. The Hall–Kier alpha value is -5.04. The zero-order chi connectivity index (χ0) is 34.9. The predicted molar refractivity (Wildman–Crippen MR) is 193 cm³/mol. The van der Waals surface area contributed by atoms with Crippen molar-refractivity contribution in [2.75, 3.05) is 40.3 Å². The van der Waals surface area contributed by atoms with Crippen LogP contribution in [0.1, 0.15) is 50.0 Å². The zero-order valence-corrected chi connectivity index (χ0v) is 28.8. The molecule has 0 spiro atoms. The van der Waals surface area contributed by atoms with Gasteiger partial charge in [-0.1, -0.05) is 36.6 Å². The number of rotatable bonds is 11. The molecule has 1 saturated heterocycles. The second kappa shape index (κ2) is 13.7. The molecule has 2 aromatic heterocycles. The molecule has 11 nitrogen and oxygen atoms in total. The number of aryl methyl sites for hydroxylation is 1. The van der Waals surface area contributed by atoms with E-state index in [1.54, 1.807) is 24.4 Å². The summed E-state index contributed by atoms with van der Waals surface area (Å²) in [6.07, 6.45) is 12.1. The average Bonchev–Trinajstić information content (AvgIpc) is 3.75. The van der Waals surface area contributed by atoms with Gasteiger partial charge in [0.2, 0.25) is 12.1 Å². The Kier molecular flexibility index (Phi) is 9.17. The van der Waals surface area contributed by atoms with Crippen molar-refractivity contribution in [1.82, 2.24) is 19.9 Å². The molecule has 4 aromatic rings. The van der Waals surface area contributed by atoms with Gasteiger partial charge in [0.1, 0.15) is 30.4 Å². The van der Waals surface area contributed by atoms with E-state index in [0.29, 0.717) is 46.6 Å². The summed E-state index contributed by atoms with van der Waals surface area (Å²) in [7, 11) is 4.04. The lowest BCUT2D eigenvalue weighted by Crippen LogP contribution is -2.51. The molecule has 258 valence electrons. The minimum Gasteiger partial charge on any atom is -0.471 e. The molecule has 3 aliphatic heterocycles. The van der Waals surface area contributed by atoms with E-state index < -0.39 is 10.6 Å². The van der Waals surface area contributed by atoms with Gasteiger partial charge in [-0.2, -0.15) is 0 Å². The van der Waals surface area contributed by atoms with Gasteiger partial charge in [0.25, 0.3) is 11.7 Å². The number of quaternary nitrogens is 2. The first-order chi connectivity index (χ1) is 24.2. The van der Waals surface area contributed by atoms with Crippen molar-refractivity contribution in [3.8, 4) is 17.1 Å². The number of amides is 2. The van der Waals surface area contributed by atoms with E-state index in [1.807, 2.05) is 44.7 Å². The molecule has 2 aromatic carbocycles. The molecule has 0 bridgehead atoms. The first-order valence-corrected chi connectivity index (χ1v) is 17.4. The number of imidazole rings is 1. The highest BCUT2D eigenvalue weighted by Crippen LogP contribution is 2.35. The first-order valence-electron chi connectivity index (χ1n) is 17.4. The maximum atomic E-state index is 13.9. The molecule has 7 rings (SSSR count). The van der Waals surface area contributed by atoms with Gasteiger partial charge in [-0.3, -0.25) is 4.48 Å². The van der Waals surface area contributed by atoms with Crippen LogP contribution in [0.4, 0.5) is 9.18 Å². The van der Waals surface area contributed by atoms with Gasteiger partial charge in [0.05, 0.1) is 26.1 Å². The number of nitrogens with zero attached hydrogens (tertiary/aromatic N) is 7. The van der Waals surface area contributed by atoms with Crippen LogP contribution in [-0.2, 0) is 6.42 Å². The van der Waals surface area contributed by atoms with Gasteiger partial charge in [-0.15, -0.1) is 4.99 Å². The number of aromatic nitrogens is 3. The summed E-state index contributed by atoms with van der Waals surface area (Å²) in [5.41, 5.74) is 9.88. The second-order valence-corrected chi connectivity index (χ2v) is 13.6. The lowest BCUT2D eigenvalue weighted by atomic mass is 10.0. The number of carbonyl (C=O) groups excluding carboxylic acids is 1. The van der Waals surface area contributed by atoms with Crippen LogP contribution >= 0.6 is 0 Å². The summed E-state index contributed by atoms with van der Waals surface area (Å²) in [5, 5.41) is 10.5. The minimum absolute atomic E-state index is 0.181. The molecule has 1 unspecified atom stereocenters. The summed E-state index contributed by atoms with van der Waals surface area (Å²) >= 11 is 0. The molecule has 1 atom stereocenters. The number of fused-ring (bicyclic) bond motifs is 2. The average molecular weight is 678 g/mol. The molecule has 0 radical (unpaired) electrons. The maximum Gasteiger partial charge on any atom is 0.452 e. The van der Waals surface area contributed by atoms with Gasteiger partial charge in [0.15, 0.2) is 0 Å². The first kappa shape index (κ1) is 33.5. The van der Waals surface area contributed by atoms with E-state index in [0.717, 1.165) is 72.9 Å². The third kappa shape index (κ3) is 6.37. The number of primary amides is 1. The molecule has 0 saturated carbocycles. The van der Waals surface area contributed by atoms with Crippen LogP contribution in [0.2, 0.25) is 0 Å². The number of ether oxygens (including phenoxy) is 1. The monoisotopic (exact) mass is 677 g/mol. The van der Waals surface area contributed by atoms with E-state index in [9.17, 15) is 9.18 Å². The Morgan fingerprint density at radius 2 is 1.90 bits per heavy atom. The van der Waals surface area contributed by atoms with Crippen LogP contribution in [0.15, 0.2) is 95.2 Å². The Morgan fingerprint density at radius 3 is 2.66 bits per heavy atom. The van der Waals surface area contributed by atoms with Crippen LogP contribution in [-0.4, -0.2) is 81.5 Å². The molecule has 2 amide bonds. The number of benzene rings is 2. The van der Waals surface area contributed by atoms with Crippen molar-refractivity contribution in [1.29, 1.82) is 0 Å². The topological polar surface area (TPSA) is 120 Å². The molecular weight excluding hydrogens is 633 g/mol. The van der Waals surface area contributed by atoms with Crippen LogP contribution in [0.5, 0.6) is 5.88 Å². The van der Waals surface area contributed by atoms with Gasteiger partial charge in [-0.05, 0) is 91.2 Å². The van der Waals surface area contributed by atoms with Crippen molar-refractivity contribution in [2.24, 2.45) is 15.8 Å². The molecule has 3 aliphatic rings. The van der Waals surface area contributed by atoms with E-state index in [4.69, 9.17) is 30.5 Å². The lowest BCUT2D eigenvalue weighted by Gasteiger charge is -2.27. The van der Waals surface area contributed by atoms with Crippen molar-refractivity contribution in [3.05, 3.63) is 102 Å². The number of carbonyl (C=O) groups is 1. The maximum absolute atomic E-state index is 13.9. The molecule has 5 heterocycles. The fourth-order valence-electron chi connectivity index (χ4n) is 6.78. The molecule has 0 aliphatic carbocycles. The number of piperidine rings is 1. The SMILES string of the molecule is CCCCc1cc2ccccc2c(OCC[N+](C)(C)C2=C[N+]3(C(N)=O)N=C(c4c(-c5ccc(F)cc5)ncn4C4CCNCC4)C=CC3=N2)n1. The lowest BCUT2D eigenvalue weighted by molar-refractivity contribution is -0.856. The van der Waals surface area contributed by atoms with Crippen molar-refractivity contribution in [2.45, 2.75) is 45.1 Å². The highest BCUT2D eigenvalue weighted by atomic mass is 19.1. The zero-order valence-electron chi connectivity index (χ0n) is 28.8. The van der Waals surface area contributed by atoms with Crippen molar-refractivity contribution in [3.63, 3.8) is 0 Å². The van der Waals surface area contributed by atoms with Crippen molar-refractivity contribution < 1.29 is 23.0 Å². The van der Waals surface area contributed by atoms with Crippen molar-refractivity contribution >= 4 is 28.4 Å². The van der Waals surface area contributed by atoms with Crippen LogP contribution < -0.4 is 15.8 Å². The smallest absolute Gasteiger partial charge is 0.452 e. The van der Waals surface area contributed by atoms with E-state index >= 15 is 0 Å². The number of halogens is 1. The Bertz CT molecular complexity index is 2040. The number of likely N-dealkylation sites (N-methyl/N-ethyl adjacent to an activating group) is 1. The minimum atomic E-state index is -0.673. The van der Waals surface area contributed by atoms with E-state index in [2.05, 4.69) is 28.9 Å². The highest BCUT2D eigenvalue weighted by molar-refractivity contribution is 6.16. The number of hydrogen-bond acceptors (Lipinski definition) is 7. The Balaban J connectivity index is 1.19. The van der Waals surface area contributed by atoms with Gasteiger partial charge in [-0.25, -0.2) is 19.2 Å². The number of unbranched alkanes of at least 4 members (excludes halogenated alkanes) is 1. The number of nitrogens with one attached hydrogen (secondary N) is 1. The number of urea groups is 1. The number of hydrogen-bond donors (Lipinski definition) is 2. The summed E-state index contributed by atoms with van der Waals surface area (Å²) < 4.78 is 22.1. The highest BCUT2D eigenvalue weighted by Gasteiger charge is 2.51. The number of allylic oxidation sites excluding steroid dienone is 1. The Morgan fingerprint density at radius 1 is 1.12 bits per heavy atom. The Labute approximate surface area is 291 Å². The van der Waals surface area contributed by atoms with Crippen LogP contribution in [0.3, 0.4) is 0 Å². The second-order valence-electron chi connectivity index (χ2n) is 13.6. The summed E-state index contributed by atoms with van der Waals surface area (Å²) in [6, 6.07) is 16.1. The fourth-order valence-corrected chi connectivity index (χ4v) is 6.78. The largest absolute Gasteiger partial charge is 0.471 e. The van der Waals surface area contributed by atoms with Gasteiger partial charge in [0, 0.05) is 28.8 Å². The summed E-state index contributed by atoms with van der Waals surface area (Å²) in [4.78, 5) is 27.9. The van der Waals surface area contributed by atoms with Crippen LogP contribution in [0, 0.1) is 5.82 Å². The molecule has 12 heteroatoms. The number of aliphatic imine (C=N–C) groups is 1. The third-order valence-corrected chi connectivity index (χ3v) is 9.78. The number of nitrogens with two attached hydrogens (primary N) is 1. The molecule has 3 N–H and O–H groups in total.